The van der Waals surface area contributed by atoms with Crippen molar-refractivity contribution in [2.75, 3.05) is 19.1 Å². The SMILES string of the molecule is COc1cc(/C(O)=C2\C(=O)C(=O)N(c3ccc(C)c(C)c3)C2c2cccc(OC(C)=O)c2)c(OC)cc1Cl. The van der Waals surface area contributed by atoms with E-state index in [0.717, 1.165) is 11.1 Å². The number of aliphatic hydroxyl groups is 1. The first-order chi connectivity index (χ1) is 18.1. The maximum atomic E-state index is 13.5. The summed E-state index contributed by atoms with van der Waals surface area (Å²) in [6.07, 6.45) is 0. The molecule has 1 N–H and O–H groups in total. The summed E-state index contributed by atoms with van der Waals surface area (Å²) < 4.78 is 16.0. The van der Waals surface area contributed by atoms with E-state index in [4.69, 9.17) is 25.8 Å². The van der Waals surface area contributed by atoms with Crippen LogP contribution in [0.1, 0.15) is 35.2 Å². The smallest absolute Gasteiger partial charge is 0.308 e. The molecular weight excluding hydrogens is 510 g/mol. The molecule has 0 spiro atoms. The van der Waals surface area contributed by atoms with Gasteiger partial charge in [0.1, 0.15) is 23.0 Å². The van der Waals surface area contributed by atoms with E-state index in [1.807, 2.05) is 19.9 Å². The highest BCUT2D eigenvalue weighted by atomic mass is 35.5. The lowest BCUT2D eigenvalue weighted by atomic mass is 9.94. The molecule has 1 unspecified atom stereocenters. The molecule has 0 radical (unpaired) electrons. The van der Waals surface area contributed by atoms with Gasteiger partial charge >= 0.3 is 5.97 Å². The molecule has 9 heteroatoms. The number of halogens is 1. The summed E-state index contributed by atoms with van der Waals surface area (Å²) >= 11 is 6.24. The Morgan fingerprint density at radius 3 is 2.29 bits per heavy atom. The van der Waals surface area contributed by atoms with E-state index in [0.29, 0.717) is 11.3 Å². The Kier molecular flexibility index (Phi) is 7.46. The zero-order chi connectivity index (χ0) is 27.7. The molecule has 1 atom stereocenters. The number of ketones is 1. The third kappa shape index (κ3) is 4.82. The van der Waals surface area contributed by atoms with Crippen molar-refractivity contribution in [2.45, 2.75) is 26.8 Å². The third-order valence-electron chi connectivity index (χ3n) is 6.38. The molecule has 1 heterocycles. The maximum Gasteiger partial charge on any atom is 0.308 e. The summed E-state index contributed by atoms with van der Waals surface area (Å²) in [4.78, 5) is 39.9. The highest BCUT2D eigenvalue weighted by Crippen LogP contribution is 2.45. The molecule has 1 saturated heterocycles. The lowest BCUT2D eigenvalue weighted by Gasteiger charge is -2.26. The van der Waals surface area contributed by atoms with E-state index in [-0.39, 0.29) is 33.4 Å². The molecule has 4 rings (SSSR count). The van der Waals surface area contributed by atoms with E-state index in [9.17, 15) is 19.5 Å². The lowest BCUT2D eigenvalue weighted by Crippen LogP contribution is -2.29. The van der Waals surface area contributed by atoms with Crippen LogP contribution in [-0.2, 0) is 14.4 Å². The molecule has 0 saturated carbocycles. The average Bonchev–Trinajstić information content (AvgIpc) is 3.15. The van der Waals surface area contributed by atoms with Gasteiger partial charge in [-0.05, 0) is 60.9 Å². The van der Waals surface area contributed by atoms with Crippen LogP contribution in [0.15, 0.2) is 60.2 Å². The summed E-state index contributed by atoms with van der Waals surface area (Å²) in [5.41, 5.74) is 2.79. The van der Waals surface area contributed by atoms with Crippen LogP contribution in [0, 0.1) is 13.8 Å². The number of benzene rings is 3. The van der Waals surface area contributed by atoms with Crippen molar-refractivity contribution in [1.29, 1.82) is 0 Å². The average molecular weight is 536 g/mol. The van der Waals surface area contributed by atoms with Gasteiger partial charge in [-0.1, -0.05) is 29.8 Å². The van der Waals surface area contributed by atoms with Gasteiger partial charge in [-0.2, -0.15) is 0 Å². The zero-order valence-corrected chi connectivity index (χ0v) is 22.3. The first-order valence-electron chi connectivity index (χ1n) is 11.7. The molecule has 1 amide bonds. The van der Waals surface area contributed by atoms with Gasteiger partial charge in [0.25, 0.3) is 11.7 Å². The van der Waals surface area contributed by atoms with Crippen molar-refractivity contribution < 1.29 is 33.7 Å². The fourth-order valence-electron chi connectivity index (χ4n) is 4.39. The zero-order valence-electron chi connectivity index (χ0n) is 21.5. The Morgan fingerprint density at radius 2 is 1.66 bits per heavy atom. The van der Waals surface area contributed by atoms with Crippen LogP contribution in [-0.4, -0.2) is 37.0 Å². The van der Waals surface area contributed by atoms with Gasteiger partial charge in [-0.3, -0.25) is 19.3 Å². The first kappa shape index (κ1) is 26.8. The lowest BCUT2D eigenvalue weighted by molar-refractivity contribution is -0.132. The van der Waals surface area contributed by atoms with Gasteiger partial charge in [-0.25, -0.2) is 0 Å². The molecule has 0 aliphatic carbocycles. The molecule has 196 valence electrons. The van der Waals surface area contributed by atoms with E-state index in [2.05, 4.69) is 0 Å². The van der Waals surface area contributed by atoms with Gasteiger partial charge in [0.2, 0.25) is 0 Å². The Labute approximate surface area is 225 Å². The number of anilines is 1. The maximum absolute atomic E-state index is 13.5. The molecule has 0 bridgehead atoms. The predicted molar refractivity (Wildman–Crippen MR) is 143 cm³/mol. The summed E-state index contributed by atoms with van der Waals surface area (Å²) in [6.45, 7) is 5.11. The fraction of sp³-hybridized carbons (Fsp3) is 0.207. The number of aliphatic hydroxyl groups excluding tert-OH is 1. The second kappa shape index (κ2) is 10.6. The normalized spacial score (nSPS) is 16.5. The van der Waals surface area contributed by atoms with E-state index in [1.165, 1.54) is 38.2 Å². The first-order valence-corrected chi connectivity index (χ1v) is 12.0. The predicted octanol–water partition coefficient (Wildman–Crippen LogP) is 5.53. The second-order valence-corrected chi connectivity index (χ2v) is 9.20. The largest absolute Gasteiger partial charge is 0.507 e. The van der Waals surface area contributed by atoms with Crippen molar-refractivity contribution in [3.8, 4) is 17.2 Å². The number of nitrogens with zero attached hydrogens (tertiary/aromatic N) is 1. The quantitative estimate of drug-likeness (QED) is 0.146. The molecule has 1 fully saturated rings. The van der Waals surface area contributed by atoms with Crippen LogP contribution in [0.5, 0.6) is 17.2 Å². The van der Waals surface area contributed by atoms with Crippen LogP contribution < -0.4 is 19.1 Å². The summed E-state index contributed by atoms with van der Waals surface area (Å²) in [5, 5.41) is 11.8. The number of esters is 1. The van der Waals surface area contributed by atoms with Crippen LogP contribution in [0.25, 0.3) is 5.76 Å². The van der Waals surface area contributed by atoms with Crippen molar-refractivity contribution in [3.05, 3.63) is 87.4 Å². The van der Waals surface area contributed by atoms with Gasteiger partial charge in [0, 0.05) is 18.7 Å². The second-order valence-electron chi connectivity index (χ2n) is 8.79. The van der Waals surface area contributed by atoms with Gasteiger partial charge < -0.3 is 19.3 Å². The van der Waals surface area contributed by atoms with Crippen LogP contribution in [0.3, 0.4) is 0 Å². The number of rotatable bonds is 6. The van der Waals surface area contributed by atoms with Gasteiger partial charge in [0.05, 0.1) is 36.4 Å². The highest BCUT2D eigenvalue weighted by molar-refractivity contribution is 6.51. The topological polar surface area (TPSA) is 102 Å². The Bertz CT molecular complexity index is 1490. The number of hydrogen-bond acceptors (Lipinski definition) is 7. The van der Waals surface area contributed by atoms with Crippen molar-refractivity contribution >= 4 is 40.7 Å². The minimum Gasteiger partial charge on any atom is -0.507 e. The summed E-state index contributed by atoms with van der Waals surface area (Å²) in [5.74, 6) is -2.06. The number of Topliss-reactive ketones (excluding diaryl/α,β-unsaturated/α-hetero) is 1. The van der Waals surface area contributed by atoms with Crippen molar-refractivity contribution in [2.24, 2.45) is 0 Å². The number of methoxy groups -OCH3 is 2. The van der Waals surface area contributed by atoms with Crippen molar-refractivity contribution in [1.82, 2.24) is 0 Å². The Hall–Kier alpha value is -4.30. The molecular formula is C29H26ClNO7. The van der Waals surface area contributed by atoms with Crippen LogP contribution in [0.4, 0.5) is 5.69 Å². The number of amides is 1. The number of carbonyl (C=O) groups is 3. The molecule has 8 nitrogen and oxygen atoms in total. The highest BCUT2D eigenvalue weighted by Gasteiger charge is 2.47. The minimum absolute atomic E-state index is 0.118. The van der Waals surface area contributed by atoms with Gasteiger partial charge in [0.15, 0.2) is 0 Å². The fourth-order valence-corrected chi connectivity index (χ4v) is 4.63. The molecule has 3 aromatic carbocycles. The monoisotopic (exact) mass is 535 g/mol. The minimum atomic E-state index is -1.04. The standard InChI is InChI=1S/C29H26ClNO7/c1-15-9-10-19(11-16(15)2)31-26(18-7-6-8-20(12-18)38-17(3)32)25(28(34)29(31)35)27(33)21-13-24(37-5)22(30)14-23(21)36-4/h6-14,26,33H,1-5H3/b27-25+. The number of aryl methyl sites for hydroxylation is 2. The number of hydrogen-bond donors (Lipinski definition) is 1. The van der Waals surface area contributed by atoms with E-state index >= 15 is 0 Å². The molecule has 3 aromatic rings. The number of carbonyl (C=O) groups excluding carboxylic acids is 3. The summed E-state index contributed by atoms with van der Waals surface area (Å²) in [7, 11) is 2.80. The molecule has 1 aliphatic heterocycles. The molecule has 0 aromatic heterocycles. The Balaban J connectivity index is 2.01. The Morgan fingerprint density at radius 1 is 0.947 bits per heavy atom. The molecule has 38 heavy (non-hydrogen) atoms. The van der Waals surface area contributed by atoms with E-state index in [1.54, 1.807) is 36.4 Å². The van der Waals surface area contributed by atoms with E-state index < -0.39 is 29.5 Å². The van der Waals surface area contributed by atoms with Crippen LogP contribution >= 0.6 is 11.6 Å². The van der Waals surface area contributed by atoms with Crippen LogP contribution in [0.2, 0.25) is 5.02 Å². The number of ether oxygens (including phenoxy) is 3. The van der Waals surface area contributed by atoms with Gasteiger partial charge in [-0.15, -0.1) is 0 Å². The van der Waals surface area contributed by atoms with Crippen molar-refractivity contribution in [3.63, 3.8) is 0 Å². The molecule has 1 aliphatic rings. The third-order valence-corrected chi connectivity index (χ3v) is 6.67. The summed E-state index contributed by atoms with van der Waals surface area (Å²) in [6, 6.07) is 13.7.